The number of hydrogen-bond acceptors (Lipinski definition) is 0. The molecule has 0 aliphatic carbocycles. The molecule has 3 heteroatoms. The van der Waals surface area contributed by atoms with Crippen molar-refractivity contribution in [3.05, 3.63) is 35.6 Å². The molecule has 0 N–H and O–H groups in total. The summed E-state index contributed by atoms with van der Waals surface area (Å²) in [6.07, 6.45) is 5.66. The fourth-order valence-corrected chi connectivity index (χ4v) is 3.54. The fraction of sp³-hybridized carbons (Fsp3) is 0.647. The molecule has 0 nitrogen and oxygen atoms in total. The minimum Gasteiger partial charge on any atom is -0.207 e. The number of rotatable bonds is 9. The quantitative estimate of drug-likeness (QED) is 0.479. The van der Waals surface area contributed by atoms with Crippen molar-refractivity contribution in [1.82, 2.24) is 0 Å². The summed E-state index contributed by atoms with van der Waals surface area (Å²) in [5.74, 6) is 1.24. The van der Waals surface area contributed by atoms with E-state index < -0.39 is 0 Å². The first-order valence-electron chi connectivity index (χ1n) is 7.49. The Bertz CT molecular complexity index is 388. The Labute approximate surface area is 132 Å². The van der Waals surface area contributed by atoms with Crippen LogP contribution in [-0.2, 0) is 5.41 Å². The first-order valence-corrected chi connectivity index (χ1v) is 8.56. The van der Waals surface area contributed by atoms with E-state index in [0.717, 1.165) is 18.4 Å². The molecule has 0 bridgehead atoms. The molecule has 1 aromatic rings. The molecular weight excluding hydrogens is 294 g/mol. The lowest BCUT2D eigenvalue weighted by atomic mass is 9.74. The summed E-state index contributed by atoms with van der Waals surface area (Å²) in [5, 5.41) is 0. The Morgan fingerprint density at radius 1 is 1.20 bits per heavy atom. The van der Waals surface area contributed by atoms with E-state index in [1.807, 2.05) is 6.07 Å². The maximum Gasteiger partial charge on any atom is 0.123 e. The summed E-state index contributed by atoms with van der Waals surface area (Å²) < 4.78 is 13.5. The van der Waals surface area contributed by atoms with Crippen molar-refractivity contribution in [3.63, 3.8) is 0 Å². The van der Waals surface area contributed by atoms with Gasteiger partial charge in [-0.15, -0.1) is 23.2 Å². The van der Waals surface area contributed by atoms with Crippen LogP contribution < -0.4 is 0 Å². The first kappa shape index (κ1) is 17.8. The van der Waals surface area contributed by atoms with Crippen LogP contribution in [0.15, 0.2) is 24.3 Å². The average molecular weight is 319 g/mol. The van der Waals surface area contributed by atoms with Gasteiger partial charge in [-0.05, 0) is 30.0 Å². The van der Waals surface area contributed by atoms with E-state index in [1.165, 1.54) is 25.3 Å². The molecule has 114 valence electrons. The average Bonchev–Trinajstić information content (AvgIpc) is 2.48. The first-order chi connectivity index (χ1) is 9.61. The lowest BCUT2D eigenvalue weighted by Gasteiger charge is -2.34. The molecule has 0 aliphatic rings. The molecule has 0 fully saturated rings. The van der Waals surface area contributed by atoms with Crippen LogP contribution in [0, 0.1) is 11.7 Å². The Morgan fingerprint density at radius 2 is 1.90 bits per heavy atom. The van der Waals surface area contributed by atoms with Crippen LogP contribution >= 0.6 is 23.2 Å². The summed E-state index contributed by atoms with van der Waals surface area (Å²) in [6.45, 7) is 4.41. The number of hydrogen-bond donors (Lipinski definition) is 0. The third-order valence-corrected chi connectivity index (χ3v) is 5.19. The van der Waals surface area contributed by atoms with Crippen molar-refractivity contribution in [3.8, 4) is 0 Å². The van der Waals surface area contributed by atoms with E-state index >= 15 is 0 Å². The van der Waals surface area contributed by atoms with Gasteiger partial charge in [-0.3, -0.25) is 0 Å². The lowest BCUT2D eigenvalue weighted by Crippen LogP contribution is -2.33. The van der Waals surface area contributed by atoms with Gasteiger partial charge in [-0.1, -0.05) is 51.7 Å². The molecule has 0 heterocycles. The molecule has 0 saturated heterocycles. The molecule has 1 aromatic carbocycles. The van der Waals surface area contributed by atoms with Crippen molar-refractivity contribution >= 4 is 23.2 Å². The molecule has 1 atom stereocenters. The largest absolute Gasteiger partial charge is 0.207 e. The van der Waals surface area contributed by atoms with Crippen molar-refractivity contribution in [2.75, 3.05) is 11.8 Å². The summed E-state index contributed by atoms with van der Waals surface area (Å²) in [5.41, 5.74) is 0.608. The van der Waals surface area contributed by atoms with Crippen LogP contribution in [0.2, 0.25) is 0 Å². The second kappa shape index (κ2) is 8.89. The van der Waals surface area contributed by atoms with Gasteiger partial charge in [0, 0.05) is 17.2 Å². The maximum atomic E-state index is 13.5. The van der Waals surface area contributed by atoms with E-state index in [9.17, 15) is 4.39 Å². The monoisotopic (exact) mass is 318 g/mol. The highest BCUT2D eigenvalue weighted by Crippen LogP contribution is 2.37. The zero-order valence-corrected chi connectivity index (χ0v) is 14.0. The SMILES string of the molecule is CCCCC(CC)CC(CCl)(CCl)c1cccc(F)c1. The molecule has 0 radical (unpaired) electrons. The normalized spacial score (nSPS) is 13.4. The van der Waals surface area contributed by atoms with Crippen LogP contribution in [0.5, 0.6) is 0 Å². The van der Waals surface area contributed by atoms with Crippen LogP contribution in [-0.4, -0.2) is 11.8 Å². The van der Waals surface area contributed by atoms with Gasteiger partial charge in [0.15, 0.2) is 0 Å². The van der Waals surface area contributed by atoms with Crippen LogP contribution in [0.1, 0.15) is 51.5 Å². The predicted octanol–water partition coefficient (Wildman–Crippen LogP) is 6.15. The minimum absolute atomic E-state index is 0.219. The predicted molar refractivity (Wildman–Crippen MR) is 87.4 cm³/mol. The van der Waals surface area contributed by atoms with Crippen molar-refractivity contribution < 1.29 is 4.39 Å². The van der Waals surface area contributed by atoms with Gasteiger partial charge in [-0.2, -0.15) is 0 Å². The Kier molecular flexibility index (Phi) is 7.91. The van der Waals surface area contributed by atoms with Crippen molar-refractivity contribution in [2.24, 2.45) is 5.92 Å². The number of benzene rings is 1. The zero-order chi connectivity index (χ0) is 15.0. The topological polar surface area (TPSA) is 0 Å². The highest BCUT2D eigenvalue weighted by atomic mass is 35.5. The van der Waals surface area contributed by atoms with Gasteiger partial charge in [0.1, 0.15) is 5.82 Å². The third kappa shape index (κ3) is 4.63. The molecular formula is C17H25Cl2F. The van der Waals surface area contributed by atoms with Gasteiger partial charge < -0.3 is 0 Å². The van der Waals surface area contributed by atoms with Crippen LogP contribution in [0.4, 0.5) is 4.39 Å². The summed E-state index contributed by atoms with van der Waals surface area (Å²) in [6, 6.07) is 6.73. The molecule has 20 heavy (non-hydrogen) atoms. The van der Waals surface area contributed by atoms with Crippen molar-refractivity contribution in [2.45, 2.75) is 51.4 Å². The number of alkyl halides is 2. The van der Waals surface area contributed by atoms with Gasteiger partial charge in [-0.25, -0.2) is 4.39 Å². The van der Waals surface area contributed by atoms with Gasteiger partial charge >= 0.3 is 0 Å². The molecule has 1 unspecified atom stereocenters. The fourth-order valence-electron chi connectivity index (χ4n) is 2.73. The minimum atomic E-state index is -0.320. The number of unbranched alkanes of at least 4 members (excludes halogenated alkanes) is 1. The molecule has 1 rings (SSSR count). The summed E-state index contributed by atoms with van der Waals surface area (Å²) in [7, 11) is 0. The molecule has 0 spiro atoms. The Balaban J connectivity index is 2.96. The number of halogens is 3. The molecule has 0 aliphatic heterocycles. The molecule has 0 saturated carbocycles. The third-order valence-electron chi connectivity index (χ3n) is 4.17. The van der Waals surface area contributed by atoms with E-state index in [0.29, 0.717) is 17.7 Å². The highest BCUT2D eigenvalue weighted by molar-refractivity contribution is 6.22. The lowest BCUT2D eigenvalue weighted by molar-refractivity contribution is 0.332. The maximum absolute atomic E-state index is 13.5. The molecule has 0 amide bonds. The van der Waals surface area contributed by atoms with Gasteiger partial charge in [0.25, 0.3) is 0 Å². The van der Waals surface area contributed by atoms with Crippen LogP contribution in [0.25, 0.3) is 0 Å². The van der Waals surface area contributed by atoms with E-state index in [2.05, 4.69) is 13.8 Å². The van der Waals surface area contributed by atoms with Crippen LogP contribution in [0.3, 0.4) is 0 Å². The van der Waals surface area contributed by atoms with Gasteiger partial charge in [0.2, 0.25) is 0 Å². The molecule has 0 aromatic heterocycles. The second-order valence-corrected chi connectivity index (χ2v) is 6.21. The highest BCUT2D eigenvalue weighted by Gasteiger charge is 2.33. The zero-order valence-electron chi connectivity index (χ0n) is 12.5. The second-order valence-electron chi connectivity index (χ2n) is 5.68. The standard InChI is InChI=1S/C17H25Cl2F/c1-3-5-7-14(4-2)11-17(12-18,13-19)15-8-6-9-16(20)10-15/h6,8-10,14H,3-5,7,11-13H2,1-2H3. The van der Waals surface area contributed by atoms with E-state index in [-0.39, 0.29) is 11.2 Å². The van der Waals surface area contributed by atoms with E-state index in [4.69, 9.17) is 23.2 Å². The Morgan fingerprint density at radius 3 is 2.40 bits per heavy atom. The summed E-state index contributed by atoms with van der Waals surface area (Å²) >= 11 is 12.5. The van der Waals surface area contributed by atoms with Crippen molar-refractivity contribution in [1.29, 1.82) is 0 Å². The Hall–Kier alpha value is -0.270. The van der Waals surface area contributed by atoms with Gasteiger partial charge in [0.05, 0.1) is 0 Å². The smallest absolute Gasteiger partial charge is 0.123 e. The van der Waals surface area contributed by atoms with E-state index in [1.54, 1.807) is 12.1 Å². The summed E-state index contributed by atoms with van der Waals surface area (Å²) in [4.78, 5) is 0.